The quantitative estimate of drug-likeness (QED) is 0.745. The lowest BCUT2D eigenvalue weighted by Crippen LogP contribution is -2.17. The molecule has 5 nitrogen and oxygen atoms in total. The minimum atomic E-state index is -0.317. The van der Waals surface area contributed by atoms with E-state index < -0.39 is 0 Å². The molecule has 0 saturated carbocycles. The second-order valence-corrected chi connectivity index (χ2v) is 5.75. The van der Waals surface area contributed by atoms with E-state index in [1.165, 1.54) is 26.4 Å². The summed E-state index contributed by atoms with van der Waals surface area (Å²) < 4.78 is 16.4. The Morgan fingerprint density at radius 3 is 2.17 bits per heavy atom. The minimum absolute atomic E-state index is 0.235. The van der Waals surface area contributed by atoms with Crippen LogP contribution in [0.5, 0.6) is 11.5 Å². The van der Waals surface area contributed by atoms with Gasteiger partial charge in [-0.05, 0) is 38.5 Å². The van der Waals surface area contributed by atoms with Gasteiger partial charge in [0.1, 0.15) is 11.5 Å². The van der Waals surface area contributed by atoms with Crippen LogP contribution in [0.2, 0.25) is 0 Å². The van der Waals surface area contributed by atoms with E-state index in [9.17, 15) is 9.59 Å². The van der Waals surface area contributed by atoms with Crippen molar-refractivity contribution in [3.8, 4) is 11.5 Å². The minimum Gasteiger partial charge on any atom is -0.496 e. The van der Waals surface area contributed by atoms with Crippen LogP contribution >= 0.6 is 0 Å². The van der Waals surface area contributed by atoms with Crippen molar-refractivity contribution >= 4 is 11.6 Å². The number of carbonyl (C=O) groups excluding carboxylic acids is 2. The Labute approximate surface area is 141 Å². The topological polar surface area (TPSA) is 61.8 Å². The summed E-state index contributed by atoms with van der Waals surface area (Å²) >= 11 is 0. The maximum Gasteiger partial charge on any atom is 0.190 e. The first-order valence-corrected chi connectivity index (χ1v) is 7.66. The van der Waals surface area contributed by atoms with Crippen molar-refractivity contribution in [3.63, 3.8) is 0 Å². The molecule has 24 heavy (non-hydrogen) atoms. The number of hydrogen-bond donors (Lipinski definition) is 0. The van der Waals surface area contributed by atoms with Gasteiger partial charge in [-0.3, -0.25) is 9.59 Å². The fraction of sp³-hybridized carbons (Fsp3) is 0.368. The third kappa shape index (κ3) is 3.26. The molecule has 1 aliphatic carbocycles. The molecule has 0 aromatic heterocycles. The summed E-state index contributed by atoms with van der Waals surface area (Å²) in [5.41, 5.74) is 2.32. The first-order chi connectivity index (χ1) is 11.4. The van der Waals surface area contributed by atoms with E-state index in [2.05, 4.69) is 0 Å². The van der Waals surface area contributed by atoms with Crippen LogP contribution in [0.4, 0.5) is 0 Å². The first-order valence-electron chi connectivity index (χ1n) is 7.66. The Bertz CT molecular complexity index is 724. The zero-order valence-electron chi connectivity index (χ0n) is 14.6. The average Bonchev–Trinajstić information content (AvgIpc) is 2.57. The summed E-state index contributed by atoms with van der Waals surface area (Å²) in [5.74, 6) is 0.161. The Balaban J connectivity index is 2.70. The zero-order valence-corrected chi connectivity index (χ0v) is 14.6. The number of hydrogen-bond acceptors (Lipinski definition) is 5. The standard InChI is InChI=1S/C19H22O5/c1-11(2)6-9-15(22-3)12-10-16(23-4)17-13(20)7-8-14(21)18(17)19(12)24-5/h6-8,10,15H,9H2,1-5H3/t15-/m0/s1. The van der Waals surface area contributed by atoms with E-state index >= 15 is 0 Å². The molecular formula is C19H22O5. The fourth-order valence-electron chi connectivity index (χ4n) is 2.77. The second-order valence-electron chi connectivity index (χ2n) is 5.75. The summed E-state index contributed by atoms with van der Waals surface area (Å²) in [6, 6.07) is 1.72. The van der Waals surface area contributed by atoms with Crippen molar-refractivity contribution in [1.29, 1.82) is 0 Å². The molecule has 128 valence electrons. The molecule has 0 unspecified atom stereocenters. The SMILES string of the molecule is COc1cc([C@H](CC=C(C)C)OC)c(OC)c2c1C(=O)C=CC2=O. The molecule has 0 radical (unpaired) electrons. The van der Waals surface area contributed by atoms with Gasteiger partial charge in [0, 0.05) is 12.7 Å². The highest BCUT2D eigenvalue weighted by molar-refractivity contribution is 6.24. The number of allylic oxidation sites excluding steroid dienone is 3. The zero-order chi connectivity index (χ0) is 17.9. The van der Waals surface area contributed by atoms with Crippen LogP contribution in [0.1, 0.15) is 52.7 Å². The van der Waals surface area contributed by atoms with Gasteiger partial charge in [0.05, 0.1) is 31.5 Å². The predicted octanol–water partition coefficient (Wildman–Crippen LogP) is 3.68. The molecule has 1 aliphatic rings. The summed E-state index contributed by atoms with van der Waals surface area (Å²) in [4.78, 5) is 24.6. The summed E-state index contributed by atoms with van der Waals surface area (Å²) in [7, 11) is 4.55. The molecule has 0 saturated heterocycles. The van der Waals surface area contributed by atoms with Crippen LogP contribution in [0.15, 0.2) is 29.9 Å². The van der Waals surface area contributed by atoms with E-state index in [4.69, 9.17) is 14.2 Å². The highest BCUT2D eigenvalue weighted by Crippen LogP contribution is 2.41. The number of methoxy groups -OCH3 is 3. The van der Waals surface area contributed by atoms with Crippen molar-refractivity contribution in [2.45, 2.75) is 26.4 Å². The van der Waals surface area contributed by atoms with Crippen LogP contribution in [0.3, 0.4) is 0 Å². The van der Waals surface area contributed by atoms with E-state index in [-0.39, 0.29) is 28.8 Å². The van der Waals surface area contributed by atoms with Crippen LogP contribution in [0, 0.1) is 0 Å². The third-order valence-corrected chi connectivity index (χ3v) is 3.95. The lowest BCUT2D eigenvalue weighted by Gasteiger charge is -2.23. The van der Waals surface area contributed by atoms with Crippen molar-refractivity contribution < 1.29 is 23.8 Å². The molecule has 0 N–H and O–H groups in total. The molecule has 0 amide bonds. The highest BCUT2D eigenvalue weighted by Gasteiger charge is 2.31. The van der Waals surface area contributed by atoms with Gasteiger partial charge in [-0.1, -0.05) is 11.6 Å². The largest absolute Gasteiger partial charge is 0.496 e. The van der Waals surface area contributed by atoms with Crippen molar-refractivity contribution in [2.75, 3.05) is 21.3 Å². The Morgan fingerprint density at radius 1 is 1.04 bits per heavy atom. The van der Waals surface area contributed by atoms with E-state index in [1.807, 2.05) is 19.9 Å². The molecule has 0 bridgehead atoms. The number of ketones is 2. The lowest BCUT2D eigenvalue weighted by molar-refractivity contribution is 0.0972. The van der Waals surface area contributed by atoms with E-state index in [0.717, 1.165) is 5.57 Å². The Hall–Kier alpha value is -2.40. The van der Waals surface area contributed by atoms with Crippen LogP contribution < -0.4 is 9.47 Å². The van der Waals surface area contributed by atoms with Gasteiger partial charge in [-0.15, -0.1) is 0 Å². The molecule has 2 rings (SSSR count). The molecule has 1 aromatic rings. The predicted molar refractivity (Wildman–Crippen MR) is 91.1 cm³/mol. The number of carbonyl (C=O) groups is 2. The maximum atomic E-state index is 12.4. The summed E-state index contributed by atoms with van der Waals surface area (Å²) in [6.45, 7) is 4.01. The van der Waals surface area contributed by atoms with Gasteiger partial charge in [0.25, 0.3) is 0 Å². The molecule has 1 atom stereocenters. The van der Waals surface area contributed by atoms with Gasteiger partial charge < -0.3 is 14.2 Å². The molecule has 0 spiro atoms. The van der Waals surface area contributed by atoms with Crippen LogP contribution in [0.25, 0.3) is 0 Å². The van der Waals surface area contributed by atoms with Gasteiger partial charge in [-0.2, -0.15) is 0 Å². The fourth-order valence-corrected chi connectivity index (χ4v) is 2.77. The average molecular weight is 330 g/mol. The number of ether oxygens (including phenoxy) is 3. The second kappa shape index (κ2) is 7.45. The molecule has 5 heteroatoms. The molecular weight excluding hydrogens is 308 g/mol. The Morgan fingerprint density at radius 2 is 1.67 bits per heavy atom. The monoisotopic (exact) mass is 330 g/mol. The smallest absolute Gasteiger partial charge is 0.190 e. The normalized spacial score (nSPS) is 14.2. The molecule has 0 heterocycles. The summed E-state index contributed by atoms with van der Waals surface area (Å²) in [5, 5.41) is 0. The van der Waals surface area contributed by atoms with Gasteiger partial charge in [0.15, 0.2) is 11.6 Å². The van der Waals surface area contributed by atoms with Crippen LogP contribution in [-0.2, 0) is 4.74 Å². The lowest BCUT2D eigenvalue weighted by atomic mass is 9.88. The number of benzene rings is 1. The molecule has 0 aliphatic heterocycles. The molecule has 0 fully saturated rings. The van der Waals surface area contributed by atoms with Crippen LogP contribution in [-0.4, -0.2) is 32.9 Å². The van der Waals surface area contributed by atoms with Crippen molar-refractivity contribution in [1.82, 2.24) is 0 Å². The van der Waals surface area contributed by atoms with Gasteiger partial charge in [-0.25, -0.2) is 0 Å². The number of rotatable bonds is 6. The summed E-state index contributed by atoms with van der Waals surface area (Å²) in [6.07, 6.45) is 4.86. The number of fused-ring (bicyclic) bond motifs is 1. The first kappa shape index (κ1) is 17.9. The van der Waals surface area contributed by atoms with E-state index in [1.54, 1.807) is 13.2 Å². The van der Waals surface area contributed by atoms with Gasteiger partial charge in [0.2, 0.25) is 0 Å². The van der Waals surface area contributed by atoms with Crippen molar-refractivity contribution in [3.05, 3.63) is 46.6 Å². The Kier molecular flexibility index (Phi) is 5.57. The molecule has 1 aromatic carbocycles. The van der Waals surface area contributed by atoms with Crippen molar-refractivity contribution in [2.24, 2.45) is 0 Å². The van der Waals surface area contributed by atoms with E-state index in [0.29, 0.717) is 23.5 Å². The highest BCUT2D eigenvalue weighted by atomic mass is 16.5. The van der Waals surface area contributed by atoms with Gasteiger partial charge >= 0.3 is 0 Å². The third-order valence-electron chi connectivity index (χ3n) is 3.95. The maximum absolute atomic E-state index is 12.4.